The summed E-state index contributed by atoms with van der Waals surface area (Å²) >= 11 is 0. The van der Waals surface area contributed by atoms with Crippen molar-refractivity contribution in [2.75, 3.05) is 0 Å². The number of nitriles is 1. The summed E-state index contributed by atoms with van der Waals surface area (Å²) in [5, 5.41) is 9.80. The maximum absolute atomic E-state index is 9.80. The Morgan fingerprint density at radius 3 is 1.05 bits per heavy atom. The molecule has 0 saturated heterocycles. The number of aromatic nitrogens is 6. The molecule has 7 nitrogen and oxygen atoms in total. The minimum atomic E-state index is 0.531. The quantitative estimate of drug-likeness (QED) is 0.154. The highest BCUT2D eigenvalue weighted by atomic mass is 15.0. The lowest BCUT2D eigenvalue weighted by atomic mass is 9.97. The summed E-state index contributed by atoms with van der Waals surface area (Å²) in [4.78, 5) is 30.0. The summed E-state index contributed by atoms with van der Waals surface area (Å²) in [6, 6.07) is 64.1. The van der Waals surface area contributed by atoms with Gasteiger partial charge in [0.15, 0.2) is 34.9 Å². The molecular formula is C49H31N7. The number of hydrogen-bond acceptors (Lipinski definition) is 7. The van der Waals surface area contributed by atoms with Crippen molar-refractivity contribution in [3.05, 3.63) is 194 Å². The zero-order valence-electron chi connectivity index (χ0n) is 30.0. The van der Waals surface area contributed by atoms with E-state index in [-0.39, 0.29) is 0 Å². The van der Waals surface area contributed by atoms with Gasteiger partial charge in [0, 0.05) is 33.4 Å². The second kappa shape index (κ2) is 15.2. The fourth-order valence-corrected chi connectivity index (χ4v) is 6.69. The van der Waals surface area contributed by atoms with Crippen molar-refractivity contribution in [1.82, 2.24) is 29.9 Å². The molecule has 0 N–H and O–H groups in total. The predicted molar refractivity (Wildman–Crippen MR) is 221 cm³/mol. The van der Waals surface area contributed by atoms with E-state index in [1.54, 1.807) is 0 Å². The van der Waals surface area contributed by atoms with Crippen molar-refractivity contribution < 1.29 is 0 Å². The van der Waals surface area contributed by atoms with Crippen LogP contribution in [0.15, 0.2) is 188 Å². The summed E-state index contributed by atoms with van der Waals surface area (Å²) in [6.07, 6.45) is 0. The van der Waals surface area contributed by atoms with E-state index >= 15 is 0 Å². The minimum absolute atomic E-state index is 0.531. The van der Waals surface area contributed by atoms with Crippen LogP contribution in [0.25, 0.3) is 90.6 Å². The SMILES string of the molecule is N#Cc1ccccc1-c1cccc(-c2nc(-c3ccccc3)nc(-c3cccc(-c4ccccc4-c4nc(-c5ccccc5)nc(-c5ccccc5)n4)c3)n2)c1. The molecule has 0 saturated carbocycles. The van der Waals surface area contributed by atoms with Crippen LogP contribution in [0, 0.1) is 11.3 Å². The molecular weight excluding hydrogens is 687 g/mol. The van der Waals surface area contributed by atoms with Gasteiger partial charge in [-0.15, -0.1) is 0 Å². The normalized spacial score (nSPS) is 10.8. The lowest BCUT2D eigenvalue weighted by Crippen LogP contribution is -2.01. The molecule has 262 valence electrons. The average molecular weight is 718 g/mol. The van der Waals surface area contributed by atoms with E-state index in [4.69, 9.17) is 29.9 Å². The van der Waals surface area contributed by atoms with E-state index in [1.165, 1.54) is 0 Å². The largest absolute Gasteiger partial charge is 0.208 e. The van der Waals surface area contributed by atoms with Crippen LogP contribution in [0.4, 0.5) is 0 Å². The molecule has 0 spiro atoms. The van der Waals surface area contributed by atoms with Crippen LogP contribution in [0.3, 0.4) is 0 Å². The molecule has 0 aliphatic rings. The maximum Gasteiger partial charge on any atom is 0.164 e. The fourth-order valence-electron chi connectivity index (χ4n) is 6.69. The van der Waals surface area contributed by atoms with E-state index in [0.717, 1.165) is 55.6 Å². The summed E-state index contributed by atoms with van der Waals surface area (Å²) in [5.41, 5.74) is 9.49. The molecule has 2 heterocycles. The first kappa shape index (κ1) is 33.9. The Morgan fingerprint density at radius 2 is 0.589 bits per heavy atom. The van der Waals surface area contributed by atoms with Gasteiger partial charge in [0.05, 0.1) is 11.6 Å². The second-order valence-corrected chi connectivity index (χ2v) is 13.1. The summed E-state index contributed by atoms with van der Waals surface area (Å²) in [6.45, 7) is 0. The molecule has 0 aliphatic carbocycles. The number of rotatable bonds is 8. The third-order valence-corrected chi connectivity index (χ3v) is 9.45. The van der Waals surface area contributed by atoms with Gasteiger partial charge in [0.1, 0.15) is 0 Å². The topological polar surface area (TPSA) is 101 Å². The van der Waals surface area contributed by atoms with Crippen molar-refractivity contribution in [2.45, 2.75) is 0 Å². The molecule has 0 bridgehead atoms. The van der Waals surface area contributed by atoms with Gasteiger partial charge >= 0.3 is 0 Å². The predicted octanol–water partition coefficient (Wildman–Crippen LogP) is 11.3. The maximum atomic E-state index is 9.80. The van der Waals surface area contributed by atoms with E-state index in [1.807, 2.05) is 170 Å². The molecule has 0 amide bonds. The number of hydrogen-bond donors (Lipinski definition) is 0. The number of benzene rings is 7. The third kappa shape index (κ3) is 6.94. The number of nitrogens with zero attached hydrogens (tertiary/aromatic N) is 7. The average Bonchev–Trinajstić information content (AvgIpc) is 3.29. The Hall–Kier alpha value is -7.95. The Morgan fingerprint density at radius 1 is 0.268 bits per heavy atom. The molecule has 0 atom stereocenters. The molecule has 9 aromatic rings. The third-order valence-electron chi connectivity index (χ3n) is 9.45. The molecule has 9 rings (SSSR count). The van der Waals surface area contributed by atoms with Gasteiger partial charge in [-0.25, -0.2) is 29.9 Å². The monoisotopic (exact) mass is 717 g/mol. The highest BCUT2D eigenvalue weighted by Crippen LogP contribution is 2.35. The van der Waals surface area contributed by atoms with Gasteiger partial charge < -0.3 is 0 Å². The lowest BCUT2D eigenvalue weighted by Gasteiger charge is -2.13. The Kier molecular flexibility index (Phi) is 9.18. The van der Waals surface area contributed by atoms with Crippen LogP contribution in [0.2, 0.25) is 0 Å². The minimum Gasteiger partial charge on any atom is -0.208 e. The fraction of sp³-hybridized carbons (Fsp3) is 0. The van der Waals surface area contributed by atoms with Crippen LogP contribution in [0.5, 0.6) is 0 Å². The van der Waals surface area contributed by atoms with Gasteiger partial charge in [-0.1, -0.05) is 170 Å². The second-order valence-electron chi connectivity index (χ2n) is 13.1. The van der Waals surface area contributed by atoms with Gasteiger partial charge in [-0.3, -0.25) is 0 Å². The zero-order valence-corrected chi connectivity index (χ0v) is 30.0. The molecule has 7 aromatic carbocycles. The van der Waals surface area contributed by atoms with Crippen molar-refractivity contribution in [3.63, 3.8) is 0 Å². The Bertz CT molecular complexity index is 2810. The molecule has 56 heavy (non-hydrogen) atoms. The van der Waals surface area contributed by atoms with Crippen molar-refractivity contribution in [3.8, 4) is 96.7 Å². The van der Waals surface area contributed by atoms with Gasteiger partial charge in [-0.2, -0.15) is 5.26 Å². The zero-order chi connectivity index (χ0) is 37.7. The van der Waals surface area contributed by atoms with E-state index in [9.17, 15) is 5.26 Å². The van der Waals surface area contributed by atoms with Crippen LogP contribution < -0.4 is 0 Å². The lowest BCUT2D eigenvalue weighted by molar-refractivity contribution is 1.07. The van der Waals surface area contributed by atoms with Crippen molar-refractivity contribution in [1.29, 1.82) is 5.26 Å². The highest BCUT2D eigenvalue weighted by molar-refractivity contribution is 5.84. The van der Waals surface area contributed by atoms with Crippen LogP contribution in [-0.2, 0) is 0 Å². The van der Waals surface area contributed by atoms with Crippen LogP contribution in [-0.4, -0.2) is 29.9 Å². The van der Waals surface area contributed by atoms with Gasteiger partial charge in [-0.05, 0) is 40.5 Å². The Labute approximate surface area is 324 Å². The summed E-state index contributed by atoms with van der Waals surface area (Å²) in [5.74, 6) is 3.40. The van der Waals surface area contributed by atoms with E-state index in [2.05, 4.69) is 24.3 Å². The van der Waals surface area contributed by atoms with Gasteiger partial charge in [0.2, 0.25) is 0 Å². The molecule has 0 aliphatic heterocycles. The standard InChI is InChI=1S/C49H31N7/c50-32-40-22-10-11-27-41(40)36-23-14-25-38(30-36)47-52-44(33-16-4-1-5-17-33)53-48(54-47)39-26-15-24-37(31-39)42-28-12-13-29-43(42)49-55-45(34-18-6-2-7-19-34)51-46(56-49)35-20-8-3-9-21-35/h1-31H. The van der Waals surface area contributed by atoms with Gasteiger partial charge in [0.25, 0.3) is 0 Å². The molecule has 2 aromatic heterocycles. The van der Waals surface area contributed by atoms with E-state index in [0.29, 0.717) is 40.5 Å². The molecule has 0 fully saturated rings. The highest BCUT2D eigenvalue weighted by Gasteiger charge is 2.18. The van der Waals surface area contributed by atoms with Crippen LogP contribution in [0.1, 0.15) is 5.56 Å². The summed E-state index contributed by atoms with van der Waals surface area (Å²) < 4.78 is 0. The van der Waals surface area contributed by atoms with Crippen molar-refractivity contribution in [2.24, 2.45) is 0 Å². The first-order valence-corrected chi connectivity index (χ1v) is 18.2. The Balaban J connectivity index is 1.17. The summed E-state index contributed by atoms with van der Waals surface area (Å²) in [7, 11) is 0. The molecule has 0 radical (unpaired) electrons. The van der Waals surface area contributed by atoms with Crippen molar-refractivity contribution >= 4 is 0 Å². The molecule has 0 unspecified atom stereocenters. The van der Waals surface area contributed by atoms with Crippen LogP contribution >= 0.6 is 0 Å². The first-order chi connectivity index (χ1) is 27.7. The smallest absolute Gasteiger partial charge is 0.164 e. The van der Waals surface area contributed by atoms with E-state index < -0.39 is 0 Å². The molecule has 7 heteroatoms. The first-order valence-electron chi connectivity index (χ1n) is 18.2.